The second-order valence-electron chi connectivity index (χ2n) is 10.9. The maximum absolute atomic E-state index is 15.1. The van der Waals surface area contributed by atoms with Gasteiger partial charge in [0.1, 0.15) is 11.4 Å². The SMILES string of the molecule is COc1cc(C(=O)NCCCN(C)C)ccc1Nc1ncc2c(n1)N([C@@H]1C[C@H]1c1ccccc1)CC(F)(F)C(=O)N2C. The highest BCUT2D eigenvalue weighted by atomic mass is 19.3. The summed E-state index contributed by atoms with van der Waals surface area (Å²) in [6.07, 6.45) is 2.86. The summed E-state index contributed by atoms with van der Waals surface area (Å²) in [7, 11) is 6.75. The molecule has 0 unspecified atom stereocenters. The molecule has 1 saturated carbocycles. The summed E-state index contributed by atoms with van der Waals surface area (Å²) in [5.41, 5.74) is 2.18. The molecule has 2 aromatic carbocycles. The predicted molar refractivity (Wildman–Crippen MR) is 157 cm³/mol. The zero-order valence-corrected chi connectivity index (χ0v) is 24.1. The number of ether oxygens (including phenoxy) is 1. The van der Waals surface area contributed by atoms with Crippen molar-refractivity contribution < 1.29 is 23.1 Å². The predicted octanol–water partition coefficient (Wildman–Crippen LogP) is 3.88. The highest BCUT2D eigenvalue weighted by molar-refractivity contribution is 6.02. The van der Waals surface area contributed by atoms with Crippen LogP contribution in [0.1, 0.15) is 34.7 Å². The first kappa shape index (κ1) is 29.2. The Labute approximate surface area is 243 Å². The van der Waals surface area contributed by atoms with E-state index in [4.69, 9.17) is 4.74 Å². The molecule has 5 rings (SSSR count). The average molecular weight is 580 g/mol. The lowest BCUT2D eigenvalue weighted by Crippen LogP contribution is -2.46. The third-order valence-corrected chi connectivity index (χ3v) is 7.53. The van der Waals surface area contributed by atoms with Crippen molar-refractivity contribution in [2.24, 2.45) is 0 Å². The molecular weight excluding hydrogens is 544 g/mol. The molecule has 0 radical (unpaired) electrons. The lowest BCUT2D eigenvalue weighted by atomic mass is 10.1. The summed E-state index contributed by atoms with van der Waals surface area (Å²) in [6.45, 7) is 0.621. The number of anilines is 4. The van der Waals surface area contributed by atoms with Gasteiger partial charge in [-0.1, -0.05) is 30.3 Å². The Morgan fingerprint density at radius 1 is 1.19 bits per heavy atom. The molecule has 1 aliphatic carbocycles. The fourth-order valence-corrected chi connectivity index (χ4v) is 5.20. The minimum absolute atomic E-state index is 0.0430. The van der Waals surface area contributed by atoms with E-state index in [0.29, 0.717) is 30.0 Å². The molecule has 0 spiro atoms. The standard InChI is InChI=1S/C30H35F2N7O3/c1-37(2)14-8-13-33-27(40)20-11-12-22(25(15-20)42-4)35-29-34-17-24-26(36-29)39(18-30(31,32)28(41)38(24)3)23-16-21(23)19-9-6-5-7-10-19/h5-7,9-12,15,17,21,23H,8,13-14,16,18H2,1-4H3,(H,33,40)(H,34,35,36)/t21-,23+/m0/s1. The lowest BCUT2D eigenvalue weighted by Gasteiger charge is -2.26. The average Bonchev–Trinajstić information content (AvgIpc) is 3.79. The Bertz CT molecular complexity index is 1450. The molecule has 2 aliphatic rings. The van der Waals surface area contributed by atoms with Crippen LogP contribution in [-0.4, -0.2) is 86.5 Å². The minimum atomic E-state index is -3.60. The van der Waals surface area contributed by atoms with Crippen molar-refractivity contribution in [2.75, 3.05) is 63.0 Å². The van der Waals surface area contributed by atoms with Crippen LogP contribution in [0.3, 0.4) is 0 Å². The Morgan fingerprint density at radius 2 is 1.95 bits per heavy atom. The summed E-state index contributed by atoms with van der Waals surface area (Å²) >= 11 is 0. The number of hydrogen-bond acceptors (Lipinski definition) is 8. The molecular formula is C30H35F2N7O3. The smallest absolute Gasteiger partial charge is 0.342 e. The maximum Gasteiger partial charge on any atom is 0.342 e. The molecule has 42 heavy (non-hydrogen) atoms. The Morgan fingerprint density at radius 3 is 2.67 bits per heavy atom. The number of alkyl halides is 2. The summed E-state index contributed by atoms with van der Waals surface area (Å²) < 4.78 is 35.7. The summed E-state index contributed by atoms with van der Waals surface area (Å²) in [4.78, 5) is 38.7. The highest BCUT2D eigenvalue weighted by Crippen LogP contribution is 2.49. The molecule has 1 aromatic heterocycles. The number of nitrogens with one attached hydrogen (secondary N) is 2. The van der Waals surface area contributed by atoms with Crippen LogP contribution < -0.4 is 25.2 Å². The molecule has 1 aliphatic heterocycles. The second-order valence-corrected chi connectivity index (χ2v) is 10.9. The van der Waals surface area contributed by atoms with Crippen molar-refractivity contribution in [1.82, 2.24) is 20.2 Å². The Hall–Kier alpha value is -4.32. The number of fused-ring (bicyclic) bond motifs is 1. The van der Waals surface area contributed by atoms with Gasteiger partial charge in [0.15, 0.2) is 5.82 Å². The quantitative estimate of drug-likeness (QED) is 0.349. The zero-order chi connectivity index (χ0) is 30.0. The number of methoxy groups -OCH3 is 1. The molecule has 2 heterocycles. The molecule has 0 saturated heterocycles. The van der Waals surface area contributed by atoms with Gasteiger partial charge < -0.3 is 30.1 Å². The first-order valence-corrected chi connectivity index (χ1v) is 13.8. The van der Waals surface area contributed by atoms with E-state index in [0.717, 1.165) is 23.4 Å². The van der Waals surface area contributed by atoms with Crippen LogP contribution in [0.5, 0.6) is 5.75 Å². The van der Waals surface area contributed by atoms with E-state index < -0.39 is 18.4 Å². The van der Waals surface area contributed by atoms with Crippen LogP contribution in [0.25, 0.3) is 0 Å². The number of carbonyl (C=O) groups is 2. The van der Waals surface area contributed by atoms with Gasteiger partial charge in [0.2, 0.25) is 5.95 Å². The highest BCUT2D eigenvalue weighted by Gasteiger charge is 2.53. The number of benzene rings is 2. The molecule has 3 aromatic rings. The van der Waals surface area contributed by atoms with Crippen molar-refractivity contribution in [2.45, 2.75) is 30.7 Å². The molecule has 2 amide bonds. The molecule has 222 valence electrons. The van der Waals surface area contributed by atoms with Gasteiger partial charge in [-0.3, -0.25) is 9.59 Å². The van der Waals surface area contributed by atoms with E-state index in [1.165, 1.54) is 25.3 Å². The molecule has 0 bridgehead atoms. The topological polar surface area (TPSA) is 103 Å². The van der Waals surface area contributed by atoms with Crippen LogP contribution in [0.4, 0.5) is 31.9 Å². The van der Waals surface area contributed by atoms with Crippen molar-refractivity contribution in [1.29, 1.82) is 0 Å². The van der Waals surface area contributed by atoms with Crippen molar-refractivity contribution >= 4 is 35.0 Å². The number of amides is 2. The van der Waals surface area contributed by atoms with Crippen LogP contribution >= 0.6 is 0 Å². The fraction of sp³-hybridized carbons (Fsp3) is 0.400. The summed E-state index contributed by atoms with van der Waals surface area (Å²) in [5, 5.41) is 5.99. The van der Waals surface area contributed by atoms with Gasteiger partial charge in [0.05, 0.1) is 25.5 Å². The maximum atomic E-state index is 15.1. The monoisotopic (exact) mass is 579 g/mol. The van der Waals surface area contributed by atoms with Crippen molar-refractivity contribution in [3.63, 3.8) is 0 Å². The number of aromatic nitrogens is 2. The van der Waals surface area contributed by atoms with Gasteiger partial charge in [-0.2, -0.15) is 13.8 Å². The second kappa shape index (κ2) is 11.9. The number of rotatable bonds is 10. The summed E-state index contributed by atoms with van der Waals surface area (Å²) in [6, 6.07) is 14.4. The minimum Gasteiger partial charge on any atom is -0.495 e. The van der Waals surface area contributed by atoms with Crippen LogP contribution in [-0.2, 0) is 4.79 Å². The number of nitrogens with zero attached hydrogens (tertiary/aromatic N) is 5. The van der Waals surface area contributed by atoms with E-state index in [-0.39, 0.29) is 35.3 Å². The molecule has 12 heteroatoms. The summed E-state index contributed by atoms with van der Waals surface area (Å²) in [5.74, 6) is -4.30. The van der Waals surface area contributed by atoms with E-state index in [1.807, 2.05) is 49.3 Å². The number of hydrogen-bond donors (Lipinski definition) is 2. The zero-order valence-electron chi connectivity index (χ0n) is 24.1. The first-order valence-electron chi connectivity index (χ1n) is 13.8. The largest absolute Gasteiger partial charge is 0.495 e. The van der Waals surface area contributed by atoms with Crippen LogP contribution in [0, 0.1) is 0 Å². The Balaban J connectivity index is 1.40. The van der Waals surface area contributed by atoms with Gasteiger partial charge in [-0.25, -0.2) is 4.98 Å². The molecule has 10 nitrogen and oxygen atoms in total. The van der Waals surface area contributed by atoms with E-state index >= 15 is 8.78 Å². The number of carbonyl (C=O) groups excluding carboxylic acids is 2. The van der Waals surface area contributed by atoms with E-state index in [9.17, 15) is 9.59 Å². The van der Waals surface area contributed by atoms with Crippen LogP contribution in [0.15, 0.2) is 54.7 Å². The molecule has 2 atom stereocenters. The van der Waals surface area contributed by atoms with E-state index in [1.54, 1.807) is 18.2 Å². The van der Waals surface area contributed by atoms with E-state index in [2.05, 4.69) is 20.6 Å². The number of halogens is 2. The Kier molecular flexibility index (Phi) is 8.26. The van der Waals surface area contributed by atoms with Crippen molar-refractivity contribution in [3.8, 4) is 5.75 Å². The first-order chi connectivity index (χ1) is 20.1. The molecule has 1 fully saturated rings. The van der Waals surface area contributed by atoms with Gasteiger partial charge >= 0.3 is 5.92 Å². The normalized spacial score (nSPS) is 19.3. The molecule has 2 N–H and O–H groups in total. The third-order valence-electron chi connectivity index (χ3n) is 7.53. The van der Waals surface area contributed by atoms with Crippen LogP contribution in [0.2, 0.25) is 0 Å². The van der Waals surface area contributed by atoms with Gasteiger partial charge in [-0.15, -0.1) is 0 Å². The van der Waals surface area contributed by atoms with Gasteiger partial charge in [0, 0.05) is 31.1 Å². The third kappa shape index (κ3) is 6.13. The van der Waals surface area contributed by atoms with Gasteiger partial charge in [-0.05, 0) is 57.2 Å². The fourth-order valence-electron chi connectivity index (χ4n) is 5.20. The van der Waals surface area contributed by atoms with Gasteiger partial charge in [0.25, 0.3) is 11.8 Å². The van der Waals surface area contributed by atoms with Crippen molar-refractivity contribution in [3.05, 3.63) is 65.9 Å². The lowest BCUT2D eigenvalue weighted by molar-refractivity contribution is -0.140.